The lowest BCUT2D eigenvalue weighted by molar-refractivity contribution is 0.0984. The Balaban J connectivity index is 2.27. The summed E-state index contributed by atoms with van der Waals surface area (Å²) in [5.74, 6) is 2.43. The molecule has 0 spiro atoms. The number of rotatable bonds is 4. The lowest BCUT2D eigenvalue weighted by Crippen LogP contribution is -2.44. The van der Waals surface area contributed by atoms with Gasteiger partial charge < -0.3 is 19.7 Å². The Labute approximate surface area is 107 Å². The summed E-state index contributed by atoms with van der Waals surface area (Å²) >= 11 is 0. The highest BCUT2D eigenvalue weighted by atomic mass is 16.5. The normalized spacial score (nSPS) is 19.9. The molecule has 1 saturated heterocycles. The predicted molar refractivity (Wildman–Crippen MR) is 69.9 cm³/mol. The molecule has 2 rings (SSSR count). The maximum atomic E-state index is 5.44. The number of hydrogen-bond acceptors (Lipinski definition) is 6. The maximum absolute atomic E-state index is 5.44. The van der Waals surface area contributed by atoms with E-state index < -0.39 is 0 Å². The number of methoxy groups -OCH3 is 1. The Morgan fingerprint density at radius 3 is 3.06 bits per heavy atom. The second kappa shape index (κ2) is 5.97. The summed E-state index contributed by atoms with van der Waals surface area (Å²) in [6, 6.07) is 2.29. The van der Waals surface area contributed by atoms with Gasteiger partial charge in [-0.2, -0.15) is 0 Å². The molecule has 1 aromatic rings. The minimum atomic E-state index is 0.328. The molecule has 1 atom stereocenters. The number of anilines is 2. The monoisotopic (exact) mass is 252 g/mol. The topological polar surface area (TPSA) is 59.5 Å². The standard InChI is InChI=1S/C12H20N4O2/c1-9-7-18-5-4-16(9)12-6-10(13-2)14-11(15-12)8-17-3/h6,9H,4-5,7-8H2,1-3H3,(H,13,14,15). The molecule has 1 N–H and O–H groups in total. The first-order chi connectivity index (χ1) is 8.74. The van der Waals surface area contributed by atoms with Gasteiger partial charge in [0.2, 0.25) is 0 Å². The second-order valence-electron chi connectivity index (χ2n) is 4.33. The molecule has 0 amide bonds. The third kappa shape index (κ3) is 2.88. The van der Waals surface area contributed by atoms with E-state index in [1.807, 2.05) is 13.1 Å². The highest BCUT2D eigenvalue weighted by Gasteiger charge is 2.21. The highest BCUT2D eigenvalue weighted by Crippen LogP contribution is 2.20. The molecular weight excluding hydrogens is 232 g/mol. The Morgan fingerprint density at radius 1 is 1.56 bits per heavy atom. The van der Waals surface area contributed by atoms with Crippen molar-refractivity contribution in [3.05, 3.63) is 11.9 Å². The SMILES string of the molecule is CNc1cc(N2CCOCC2C)nc(COC)n1. The number of hydrogen-bond donors (Lipinski definition) is 1. The largest absolute Gasteiger partial charge is 0.377 e. The van der Waals surface area contributed by atoms with E-state index in [1.54, 1.807) is 7.11 Å². The van der Waals surface area contributed by atoms with Crippen molar-refractivity contribution in [3.8, 4) is 0 Å². The van der Waals surface area contributed by atoms with Crippen LogP contribution in [0.25, 0.3) is 0 Å². The Hall–Kier alpha value is -1.40. The van der Waals surface area contributed by atoms with Gasteiger partial charge in [0.25, 0.3) is 0 Å². The molecule has 100 valence electrons. The van der Waals surface area contributed by atoms with Gasteiger partial charge in [-0.1, -0.05) is 0 Å². The first-order valence-electron chi connectivity index (χ1n) is 6.13. The lowest BCUT2D eigenvalue weighted by atomic mass is 10.2. The maximum Gasteiger partial charge on any atom is 0.158 e. The number of morpholine rings is 1. The van der Waals surface area contributed by atoms with Gasteiger partial charge in [-0.3, -0.25) is 0 Å². The van der Waals surface area contributed by atoms with Gasteiger partial charge in [0.15, 0.2) is 5.82 Å². The Bertz CT molecular complexity index is 400. The van der Waals surface area contributed by atoms with E-state index >= 15 is 0 Å². The van der Waals surface area contributed by atoms with E-state index in [0.717, 1.165) is 31.4 Å². The molecule has 18 heavy (non-hydrogen) atoms. The zero-order valence-electron chi connectivity index (χ0n) is 11.1. The molecule has 0 aliphatic carbocycles. The molecule has 0 saturated carbocycles. The van der Waals surface area contributed by atoms with Gasteiger partial charge in [0, 0.05) is 26.8 Å². The van der Waals surface area contributed by atoms with Crippen LogP contribution in [0.5, 0.6) is 0 Å². The van der Waals surface area contributed by atoms with Gasteiger partial charge in [0.05, 0.1) is 19.3 Å². The van der Waals surface area contributed by atoms with Crippen molar-refractivity contribution >= 4 is 11.6 Å². The Morgan fingerprint density at radius 2 is 2.39 bits per heavy atom. The van der Waals surface area contributed by atoms with Crippen LogP contribution >= 0.6 is 0 Å². The van der Waals surface area contributed by atoms with Crippen LogP contribution in [-0.4, -0.2) is 49.9 Å². The summed E-state index contributed by atoms with van der Waals surface area (Å²) in [7, 11) is 3.50. The zero-order chi connectivity index (χ0) is 13.0. The molecule has 1 aliphatic rings. The quantitative estimate of drug-likeness (QED) is 0.859. The van der Waals surface area contributed by atoms with E-state index in [1.165, 1.54) is 0 Å². The first kappa shape index (κ1) is 13.0. The molecular formula is C12H20N4O2. The van der Waals surface area contributed by atoms with Crippen LogP contribution in [0.4, 0.5) is 11.6 Å². The van der Waals surface area contributed by atoms with Crippen LogP contribution in [0.15, 0.2) is 6.07 Å². The first-order valence-corrected chi connectivity index (χ1v) is 6.13. The van der Waals surface area contributed by atoms with Gasteiger partial charge in [0.1, 0.15) is 18.2 Å². The average molecular weight is 252 g/mol. The van der Waals surface area contributed by atoms with E-state index in [4.69, 9.17) is 9.47 Å². The smallest absolute Gasteiger partial charge is 0.158 e. The van der Waals surface area contributed by atoms with Crippen molar-refractivity contribution in [2.75, 3.05) is 44.1 Å². The third-order valence-electron chi connectivity index (χ3n) is 2.95. The van der Waals surface area contributed by atoms with Crippen LogP contribution in [-0.2, 0) is 16.1 Å². The van der Waals surface area contributed by atoms with E-state index in [0.29, 0.717) is 18.5 Å². The van der Waals surface area contributed by atoms with Crippen LogP contribution in [0.3, 0.4) is 0 Å². The van der Waals surface area contributed by atoms with Crippen LogP contribution in [0, 0.1) is 0 Å². The fraction of sp³-hybridized carbons (Fsp3) is 0.667. The van der Waals surface area contributed by atoms with Crippen molar-refractivity contribution in [3.63, 3.8) is 0 Å². The van der Waals surface area contributed by atoms with Crippen LogP contribution in [0.1, 0.15) is 12.7 Å². The molecule has 6 heteroatoms. The molecule has 1 aliphatic heterocycles. The van der Waals surface area contributed by atoms with Crippen molar-refractivity contribution in [1.82, 2.24) is 9.97 Å². The summed E-state index contributed by atoms with van der Waals surface area (Å²) in [5.41, 5.74) is 0. The van der Waals surface area contributed by atoms with E-state index in [2.05, 4.69) is 27.1 Å². The average Bonchev–Trinajstić information content (AvgIpc) is 2.39. The molecule has 1 fully saturated rings. The van der Waals surface area contributed by atoms with Crippen molar-refractivity contribution < 1.29 is 9.47 Å². The molecule has 2 heterocycles. The fourth-order valence-corrected chi connectivity index (χ4v) is 2.02. The summed E-state index contributed by atoms with van der Waals surface area (Å²) in [5, 5.41) is 3.06. The summed E-state index contributed by atoms with van der Waals surface area (Å²) < 4.78 is 10.5. The van der Waals surface area contributed by atoms with Gasteiger partial charge in [-0.25, -0.2) is 9.97 Å². The number of nitrogens with one attached hydrogen (secondary N) is 1. The molecule has 1 aromatic heterocycles. The summed E-state index contributed by atoms with van der Waals surface area (Å²) in [4.78, 5) is 11.1. The number of ether oxygens (including phenoxy) is 2. The second-order valence-corrected chi connectivity index (χ2v) is 4.33. The van der Waals surface area contributed by atoms with Crippen molar-refractivity contribution in [1.29, 1.82) is 0 Å². The molecule has 0 radical (unpaired) electrons. The molecule has 6 nitrogen and oxygen atoms in total. The number of nitrogens with zero attached hydrogens (tertiary/aromatic N) is 3. The minimum absolute atomic E-state index is 0.328. The molecule has 1 unspecified atom stereocenters. The predicted octanol–water partition coefficient (Wildman–Crippen LogP) is 0.890. The van der Waals surface area contributed by atoms with Crippen LogP contribution in [0.2, 0.25) is 0 Å². The Kier molecular flexibility index (Phi) is 4.33. The summed E-state index contributed by atoms with van der Waals surface area (Å²) in [6.45, 7) is 4.88. The summed E-state index contributed by atoms with van der Waals surface area (Å²) in [6.07, 6.45) is 0. The molecule has 0 aromatic carbocycles. The third-order valence-corrected chi connectivity index (χ3v) is 2.95. The highest BCUT2D eigenvalue weighted by molar-refractivity contribution is 5.50. The van der Waals surface area contributed by atoms with Gasteiger partial charge >= 0.3 is 0 Å². The zero-order valence-corrected chi connectivity index (χ0v) is 11.1. The van der Waals surface area contributed by atoms with Crippen molar-refractivity contribution in [2.24, 2.45) is 0 Å². The van der Waals surface area contributed by atoms with Crippen LogP contribution < -0.4 is 10.2 Å². The molecule has 0 bridgehead atoms. The van der Waals surface area contributed by atoms with Crippen molar-refractivity contribution in [2.45, 2.75) is 19.6 Å². The van der Waals surface area contributed by atoms with Gasteiger partial charge in [-0.15, -0.1) is 0 Å². The van der Waals surface area contributed by atoms with E-state index in [9.17, 15) is 0 Å². The minimum Gasteiger partial charge on any atom is -0.377 e. The van der Waals surface area contributed by atoms with Gasteiger partial charge in [-0.05, 0) is 6.92 Å². The lowest BCUT2D eigenvalue weighted by Gasteiger charge is -2.34. The van der Waals surface area contributed by atoms with E-state index in [-0.39, 0.29) is 0 Å². The number of aromatic nitrogens is 2. The fourth-order valence-electron chi connectivity index (χ4n) is 2.02.